The van der Waals surface area contributed by atoms with Crippen molar-refractivity contribution in [2.45, 2.75) is 37.9 Å². The highest BCUT2D eigenvalue weighted by atomic mass is 35.5. The number of halogens is 3. The summed E-state index contributed by atoms with van der Waals surface area (Å²) in [6.07, 6.45) is 2.80. The van der Waals surface area contributed by atoms with E-state index in [1.54, 1.807) is 29.7 Å². The van der Waals surface area contributed by atoms with Crippen molar-refractivity contribution in [2.24, 2.45) is 0 Å². The molecule has 0 saturated carbocycles. The zero-order chi connectivity index (χ0) is 32.4. The highest BCUT2D eigenvalue weighted by Gasteiger charge is 2.46. The van der Waals surface area contributed by atoms with Gasteiger partial charge in [0.15, 0.2) is 23.7 Å². The Morgan fingerprint density at radius 3 is 2.70 bits per heavy atom. The third-order valence-corrected chi connectivity index (χ3v) is 9.32. The number of aromatic nitrogens is 3. The van der Waals surface area contributed by atoms with Crippen molar-refractivity contribution in [1.29, 1.82) is 0 Å². The van der Waals surface area contributed by atoms with E-state index in [4.69, 9.17) is 30.2 Å². The topological polar surface area (TPSA) is 115 Å². The molecule has 0 radical (unpaired) electrons. The van der Waals surface area contributed by atoms with Crippen LogP contribution in [0.1, 0.15) is 34.4 Å². The molecule has 0 bridgehead atoms. The standard InChI is InChI=1S/C33H28ClF2N5O6/c1-33(21-6-5-19(34)11-22(21)35)46-28-4-2-3-24(31(28)47-33)40-8-7-39(26-15-44-16-27(26)40)13-29-38-30-23(36)9-18(32(42)43)10-25(30)41(29)12-20-14-45-17-37-20/h2-6,9-11,14,17,26-27H,7-8,12-13,15-16H2,1H3,(H,42,43)/t26-,27+,33-/m1/s1. The summed E-state index contributed by atoms with van der Waals surface area (Å²) in [4.78, 5) is 25.1. The SMILES string of the molecule is C[C@@]1(c2ccc(Cl)cc2F)Oc2cccc(N3CCN(Cc4nc5c(F)cc(C(=O)O)cc5n4Cc4cocn4)[C@@H]4COC[C@@H]43)c2O1. The Balaban J connectivity index is 1.09. The minimum Gasteiger partial charge on any atom is -0.478 e. The fourth-order valence-electron chi connectivity index (χ4n) is 6.86. The molecule has 8 rings (SSSR count). The number of carboxylic acids is 1. The Labute approximate surface area is 271 Å². The quantitative estimate of drug-likeness (QED) is 0.242. The number of hydrogen-bond acceptors (Lipinski definition) is 9. The fraction of sp³-hybridized carbons (Fsp3) is 0.303. The van der Waals surface area contributed by atoms with Gasteiger partial charge < -0.3 is 33.2 Å². The van der Waals surface area contributed by atoms with Crippen molar-refractivity contribution >= 4 is 34.3 Å². The summed E-state index contributed by atoms with van der Waals surface area (Å²) in [5.41, 5.74) is 1.90. The zero-order valence-corrected chi connectivity index (χ0v) is 25.8. The molecule has 3 aromatic carbocycles. The second kappa shape index (κ2) is 11.2. The summed E-state index contributed by atoms with van der Waals surface area (Å²) >= 11 is 5.99. The van der Waals surface area contributed by atoms with E-state index in [1.165, 1.54) is 24.8 Å². The molecule has 2 aromatic heterocycles. The van der Waals surface area contributed by atoms with Crippen molar-refractivity contribution in [3.63, 3.8) is 0 Å². The summed E-state index contributed by atoms with van der Waals surface area (Å²) in [5, 5.41) is 9.86. The van der Waals surface area contributed by atoms with Crippen LogP contribution in [0.2, 0.25) is 5.02 Å². The maximum atomic E-state index is 15.2. The van der Waals surface area contributed by atoms with Crippen LogP contribution < -0.4 is 14.4 Å². The van der Waals surface area contributed by atoms with Gasteiger partial charge in [-0.2, -0.15) is 0 Å². The highest BCUT2D eigenvalue weighted by molar-refractivity contribution is 6.30. The van der Waals surface area contributed by atoms with Crippen molar-refractivity contribution < 1.29 is 37.3 Å². The molecular formula is C33H28ClF2N5O6. The summed E-state index contributed by atoms with van der Waals surface area (Å²) in [5.74, 6) is -2.28. The molecule has 2 saturated heterocycles. The van der Waals surface area contributed by atoms with Crippen molar-refractivity contribution in [1.82, 2.24) is 19.4 Å². The molecule has 0 spiro atoms. The van der Waals surface area contributed by atoms with Gasteiger partial charge >= 0.3 is 5.97 Å². The van der Waals surface area contributed by atoms with Crippen molar-refractivity contribution in [2.75, 3.05) is 31.2 Å². The number of piperazine rings is 1. The minimum absolute atomic E-state index is 0.0539. The lowest BCUT2D eigenvalue weighted by atomic mass is 10.0. The number of benzene rings is 3. The Hall–Kier alpha value is -4.72. The molecule has 5 aromatic rings. The van der Waals surface area contributed by atoms with Crippen LogP contribution in [0, 0.1) is 11.6 Å². The number of nitrogens with zero attached hydrogens (tertiary/aromatic N) is 5. The van der Waals surface area contributed by atoms with Gasteiger partial charge in [0.05, 0.1) is 66.4 Å². The number of anilines is 1. The molecule has 0 unspecified atom stereocenters. The lowest BCUT2D eigenvalue weighted by molar-refractivity contribution is -0.0705. The predicted molar refractivity (Wildman–Crippen MR) is 165 cm³/mol. The first-order chi connectivity index (χ1) is 22.7. The van der Waals surface area contributed by atoms with E-state index in [0.29, 0.717) is 61.4 Å². The van der Waals surface area contributed by atoms with Crippen LogP contribution in [0.5, 0.6) is 11.5 Å². The van der Waals surface area contributed by atoms with Gasteiger partial charge in [-0.15, -0.1) is 0 Å². The Kier molecular flexibility index (Phi) is 7.08. The van der Waals surface area contributed by atoms with Gasteiger partial charge in [-0.3, -0.25) is 4.90 Å². The van der Waals surface area contributed by atoms with Crippen LogP contribution in [-0.4, -0.2) is 68.9 Å². The molecule has 47 heavy (non-hydrogen) atoms. The maximum Gasteiger partial charge on any atom is 0.335 e. The smallest absolute Gasteiger partial charge is 0.335 e. The first kappa shape index (κ1) is 29.7. The second-order valence-corrected chi connectivity index (χ2v) is 12.4. The molecular weight excluding hydrogens is 636 g/mol. The lowest BCUT2D eigenvalue weighted by Crippen LogP contribution is -2.59. The van der Waals surface area contributed by atoms with Gasteiger partial charge in [0.2, 0.25) is 0 Å². The van der Waals surface area contributed by atoms with Gasteiger partial charge in [-0.1, -0.05) is 17.7 Å². The Morgan fingerprint density at radius 1 is 1.06 bits per heavy atom. The second-order valence-electron chi connectivity index (χ2n) is 11.9. The van der Waals surface area contributed by atoms with Gasteiger partial charge in [0.25, 0.3) is 5.79 Å². The highest BCUT2D eigenvalue weighted by Crippen LogP contribution is 2.51. The molecule has 11 nitrogen and oxygen atoms in total. The fourth-order valence-corrected chi connectivity index (χ4v) is 7.02. The summed E-state index contributed by atoms with van der Waals surface area (Å²) in [6, 6.07) is 12.3. The van der Waals surface area contributed by atoms with Crippen LogP contribution in [-0.2, 0) is 23.6 Å². The average molecular weight is 664 g/mol. The van der Waals surface area contributed by atoms with Gasteiger partial charge in [-0.05, 0) is 42.5 Å². The Morgan fingerprint density at radius 2 is 1.91 bits per heavy atom. The molecule has 5 heterocycles. The van der Waals surface area contributed by atoms with E-state index in [0.717, 1.165) is 11.8 Å². The molecule has 1 N–H and O–H groups in total. The number of imidazole rings is 1. The van der Waals surface area contributed by atoms with Gasteiger partial charge in [0.1, 0.15) is 23.4 Å². The molecule has 3 aliphatic heterocycles. The average Bonchev–Trinajstić information content (AvgIpc) is 3.84. The van der Waals surface area contributed by atoms with Gasteiger partial charge in [0, 0.05) is 25.0 Å². The number of hydrogen-bond donors (Lipinski definition) is 1. The lowest BCUT2D eigenvalue weighted by Gasteiger charge is -2.44. The third-order valence-electron chi connectivity index (χ3n) is 9.09. The number of para-hydroxylation sites is 1. The van der Waals surface area contributed by atoms with E-state index >= 15 is 4.39 Å². The number of aromatic carboxylic acids is 1. The monoisotopic (exact) mass is 663 g/mol. The van der Waals surface area contributed by atoms with Crippen molar-refractivity contribution in [3.8, 4) is 11.5 Å². The molecule has 3 aliphatic rings. The summed E-state index contributed by atoms with van der Waals surface area (Å²) < 4.78 is 55.7. The number of ether oxygens (including phenoxy) is 3. The van der Waals surface area contributed by atoms with E-state index in [1.807, 2.05) is 12.1 Å². The molecule has 0 aliphatic carbocycles. The molecule has 14 heteroatoms. The van der Waals surface area contributed by atoms with Crippen molar-refractivity contribution in [3.05, 3.63) is 100 Å². The van der Waals surface area contributed by atoms with E-state index in [-0.39, 0.29) is 40.3 Å². The zero-order valence-electron chi connectivity index (χ0n) is 25.0. The van der Waals surface area contributed by atoms with Crippen LogP contribution >= 0.6 is 11.6 Å². The Bertz CT molecular complexity index is 2020. The number of rotatable bonds is 7. The van der Waals surface area contributed by atoms with Crippen LogP contribution in [0.15, 0.2) is 65.6 Å². The van der Waals surface area contributed by atoms with Gasteiger partial charge in [-0.25, -0.2) is 23.5 Å². The summed E-state index contributed by atoms with van der Waals surface area (Å²) in [6.45, 7) is 4.37. The minimum atomic E-state index is -1.39. The number of oxazole rings is 1. The number of carboxylic acid groups (broad SMARTS) is 1. The first-order valence-electron chi connectivity index (χ1n) is 15.0. The normalized spacial score (nSPS) is 22.3. The maximum absolute atomic E-state index is 15.2. The molecule has 2 fully saturated rings. The van der Waals surface area contributed by atoms with Crippen LogP contribution in [0.3, 0.4) is 0 Å². The molecule has 3 atom stereocenters. The van der Waals surface area contributed by atoms with E-state index < -0.39 is 23.4 Å². The van der Waals surface area contributed by atoms with E-state index in [2.05, 4.69) is 19.8 Å². The van der Waals surface area contributed by atoms with E-state index in [9.17, 15) is 14.3 Å². The van der Waals surface area contributed by atoms with Crippen LogP contribution in [0.25, 0.3) is 11.0 Å². The number of carbonyl (C=O) groups is 1. The third kappa shape index (κ3) is 5.05. The molecule has 242 valence electrons. The van der Waals surface area contributed by atoms with Crippen LogP contribution in [0.4, 0.5) is 14.5 Å². The number of fused-ring (bicyclic) bond motifs is 3. The molecule has 0 amide bonds. The predicted octanol–water partition coefficient (Wildman–Crippen LogP) is 5.44. The summed E-state index contributed by atoms with van der Waals surface area (Å²) in [7, 11) is 0. The largest absolute Gasteiger partial charge is 0.478 e. The first-order valence-corrected chi connectivity index (χ1v) is 15.4.